The van der Waals surface area contributed by atoms with Gasteiger partial charge in [0.15, 0.2) is 0 Å². The number of nitrogens with two attached hydrogens (primary N) is 2. The van der Waals surface area contributed by atoms with Gasteiger partial charge >= 0.3 is 0 Å². The van der Waals surface area contributed by atoms with E-state index in [4.69, 9.17) is 16.6 Å². The Labute approximate surface area is 103 Å². The van der Waals surface area contributed by atoms with E-state index < -0.39 is 0 Å². The van der Waals surface area contributed by atoms with E-state index in [1.807, 2.05) is 12.1 Å². The van der Waals surface area contributed by atoms with E-state index in [1.165, 1.54) is 0 Å². The van der Waals surface area contributed by atoms with Crippen LogP contribution in [0.1, 0.15) is 26.2 Å². The molecule has 0 saturated heterocycles. The Balaban J connectivity index is 2.49. The summed E-state index contributed by atoms with van der Waals surface area (Å²) in [6.07, 6.45) is 3.10. The van der Waals surface area contributed by atoms with Crippen LogP contribution in [0.2, 0.25) is 0 Å². The first kappa shape index (κ1) is 13.6. The van der Waals surface area contributed by atoms with Crippen LogP contribution in [0.5, 0.6) is 0 Å². The van der Waals surface area contributed by atoms with Crippen LogP contribution in [0.3, 0.4) is 0 Å². The third kappa shape index (κ3) is 4.53. The number of rotatable bonds is 7. The van der Waals surface area contributed by atoms with Gasteiger partial charge in [0.05, 0.1) is 11.4 Å². The minimum absolute atomic E-state index is 0.246. The first-order valence-electron chi connectivity index (χ1n) is 6.17. The Morgan fingerprint density at radius 3 is 2.59 bits per heavy atom. The standard InChI is InChI=1S/C13H23N3O/c1-2-3-10(6-7-17)9-16-11-4-5-12(14)13(15)8-11/h4-5,8,10,16-17H,2-3,6-7,9,14-15H2,1H3. The van der Waals surface area contributed by atoms with Crippen LogP contribution in [0, 0.1) is 5.92 Å². The van der Waals surface area contributed by atoms with Crippen molar-refractivity contribution in [3.63, 3.8) is 0 Å². The average molecular weight is 237 g/mol. The van der Waals surface area contributed by atoms with Gasteiger partial charge in [0.1, 0.15) is 0 Å². The van der Waals surface area contributed by atoms with Crippen molar-refractivity contribution in [2.45, 2.75) is 26.2 Å². The molecule has 0 aliphatic carbocycles. The lowest BCUT2D eigenvalue weighted by atomic mass is 10.00. The van der Waals surface area contributed by atoms with Gasteiger partial charge in [0, 0.05) is 18.8 Å². The second-order valence-corrected chi connectivity index (χ2v) is 4.39. The lowest BCUT2D eigenvalue weighted by Crippen LogP contribution is -2.15. The number of aliphatic hydroxyl groups is 1. The van der Waals surface area contributed by atoms with Crippen molar-refractivity contribution in [2.24, 2.45) is 5.92 Å². The monoisotopic (exact) mass is 237 g/mol. The summed E-state index contributed by atoms with van der Waals surface area (Å²) < 4.78 is 0. The molecule has 1 aromatic carbocycles. The summed E-state index contributed by atoms with van der Waals surface area (Å²) in [6, 6.07) is 5.57. The summed E-state index contributed by atoms with van der Waals surface area (Å²) in [7, 11) is 0. The van der Waals surface area contributed by atoms with Crippen molar-refractivity contribution < 1.29 is 5.11 Å². The Bertz CT molecular complexity index is 335. The number of hydrogen-bond donors (Lipinski definition) is 4. The summed E-state index contributed by atoms with van der Waals surface area (Å²) in [5, 5.41) is 12.3. The van der Waals surface area contributed by atoms with Gasteiger partial charge in [0.25, 0.3) is 0 Å². The number of nitrogen functional groups attached to an aromatic ring is 2. The predicted molar refractivity (Wildman–Crippen MR) is 73.9 cm³/mol. The van der Waals surface area contributed by atoms with E-state index in [0.717, 1.165) is 31.5 Å². The molecule has 4 nitrogen and oxygen atoms in total. The quantitative estimate of drug-likeness (QED) is 0.547. The van der Waals surface area contributed by atoms with Gasteiger partial charge in [-0.15, -0.1) is 0 Å². The van der Waals surface area contributed by atoms with Gasteiger partial charge in [-0.25, -0.2) is 0 Å². The summed E-state index contributed by atoms with van der Waals surface area (Å²) in [5.74, 6) is 0.503. The average Bonchev–Trinajstić information content (AvgIpc) is 2.31. The Kier molecular flexibility index (Phi) is 5.63. The molecular formula is C13H23N3O. The number of benzene rings is 1. The minimum Gasteiger partial charge on any atom is -0.397 e. The molecule has 1 unspecified atom stereocenters. The maximum absolute atomic E-state index is 8.98. The minimum atomic E-state index is 0.246. The molecule has 4 heteroatoms. The molecule has 1 rings (SSSR count). The smallest absolute Gasteiger partial charge is 0.0568 e. The van der Waals surface area contributed by atoms with Gasteiger partial charge in [-0.3, -0.25) is 0 Å². The zero-order chi connectivity index (χ0) is 12.7. The zero-order valence-electron chi connectivity index (χ0n) is 10.4. The van der Waals surface area contributed by atoms with E-state index in [0.29, 0.717) is 17.3 Å². The Morgan fingerprint density at radius 2 is 2.00 bits per heavy atom. The molecule has 0 fully saturated rings. The van der Waals surface area contributed by atoms with Crippen molar-refractivity contribution in [3.05, 3.63) is 18.2 Å². The van der Waals surface area contributed by atoms with Crippen LogP contribution in [0.15, 0.2) is 18.2 Å². The fourth-order valence-electron chi connectivity index (χ4n) is 1.89. The van der Waals surface area contributed by atoms with Crippen molar-refractivity contribution in [3.8, 4) is 0 Å². The van der Waals surface area contributed by atoms with E-state index in [9.17, 15) is 0 Å². The van der Waals surface area contributed by atoms with E-state index in [2.05, 4.69) is 12.2 Å². The highest BCUT2D eigenvalue weighted by Gasteiger charge is 2.07. The number of hydrogen-bond acceptors (Lipinski definition) is 4. The van der Waals surface area contributed by atoms with Gasteiger partial charge in [-0.1, -0.05) is 13.3 Å². The normalized spacial score (nSPS) is 12.4. The number of anilines is 3. The molecule has 0 saturated carbocycles. The van der Waals surface area contributed by atoms with E-state index in [-0.39, 0.29) is 6.61 Å². The molecule has 0 radical (unpaired) electrons. The second-order valence-electron chi connectivity index (χ2n) is 4.39. The molecule has 96 valence electrons. The molecule has 0 heterocycles. The topological polar surface area (TPSA) is 84.3 Å². The maximum Gasteiger partial charge on any atom is 0.0568 e. The second kappa shape index (κ2) is 7.01. The van der Waals surface area contributed by atoms with Gasteiger partial charge in [-0.2, -0.15) is 0 Å². The van der Waals surface area contributed by atoms with Gasteiger partial charge in [0.2, 0.25) is 0 Å². The molecular weight excluding hydrogens is 214 g/mol. The van der Waals surface area contributed by atoms with Crippen molar-refractivity contribution in [1.82, 2.24) is 0 Å². The van der Waals surface area contributed by atoms with Crippen LogP contribution in [0.4, 0.5) is 17.1 Å². The first-order chi connectivity index (χ1) is 8.17. The highest BCUT2D eigenvalue weighted by molar-refractivity contribution is 5.69. The van der Waals surface area contributed by atoms with Crippen LogP contribution >= 0.6 is 0 Å². The molecule has 6 N–H and O–H groups in total. The Morgan fingerprint density at radius 1 is 1.24 bits per heavy atom. The van der Waals surface area contributed by atoms with Crippen molar-refractivity contribution in [2.75, 3.05) is 29.9 Å². The lowest BCUT2D eigenvalue weighted by Gasteiger charge is -2.17. The van der Waals surface area contributed by atoms with E-state index >= 15 is 0 Å². The first-order valence-corrected chi connectivity index (χ1v) is 6.17. The SMILES string of the molecule is CCCC(CCO)CNc1ccc(N)c(N)c1. The predicted octanol–water partition coefficient (Wildman–Crippen LogP) is 2.06. The summed E-state index contributed by atoms with van der Waals surface area (Å²) in [4.78, 5) is 0. The lowest BCUT2D eigenvalue weighted by molar-refractivity contribution is 0.255. The highest BCUT2D eigenvalue weighted by Crippen LogP contribution is 2.20. The largest absolute Gasteiger partial charge is 0.397 e. The van der Waals surface area contributed by atoms with Crippen LogP contribution in [0.25, 0.3) is 0 Å². The highest BCUT2D eigenvalue weighted by atomic mass is 16.3. The molecule has 0 aliphatic rings. The maximum atomic E-state index is 8.98. The number of aliphatic hydroxyl groups excluding tert-OH is 1. The zero-order valence-corrected chi connectivity index (χ0v) is 10.4. The van der Waals surface area contributed by atoms with Crippen LogP contribution in [-0.2, 0) is 0 Å². The Hall–Kier alpha value is -1.42. The fourth-order valence-corrected chi connectivity index (χ4v) is 1.89. The van der Waals surface area contributed by atoms with Gasteiger partial charge < -0.3 is 21.9 Å². The summed E-state index contributed by atoms with van der Waals surface area (Å²) in [5.41, 5.74) is 13.6. The summed E-state index contributed by atoms with van der Waals surface area (Å²) in [6.45, 7) is 3.26. The third-order valence-electron chi connectivity index (χ3n) is 2.92. The molecule has 0 spiro atoms. The van der Waals surface area contributed by atoms with Gasteiger partial charge in [-0.05, 0) is 37.0 Å². The van der Waals surface area contributed by atoms with Crippen LogP contribution in [-0.4, -0.2) is 18.3 Å². The fraction of sp³-hybridized carbons (Fsp3) is 0.538. The van der Waals surface area contributed by atoms with Crippen molar-refractivity contribution >= 4 is 17.1 Å². The number of nitrogens with one attached hydrogen (secondary N) is 1. The molecule has 0 amide bonds. The van der Waals surface area contributed by atoms with Crippen LogP contribution < -0.4 is 16.8 Å². The molecule has 17 heavy (non-hydrogen) atoms. The van der Waals surface area contributed by atoms with Crippen molar-refractivity contribution in [1.29, 1.82) is 0 Å². The molecule has 1 aromatic rings. The summed E-state index contributed by atoms with van der Waals surface area (Å²) >= 11 is 0. The third-order valence-corrected chi connectivity index (χ3v) is 2.92. The molecule has 0 bridgehead atoms. The molecule has 0 aliphatic heterocycles. The molecule has 0 aromatic heterocycles. The molecule has 1 atom stereocenters. The van der Waals surface area contributed by atoms with E-state index in [1.54, 1.807) is 6.07 Å².